The van der Waals surface area contributed by atoms with Crippen molar-refractivity contribution in [2.45, 2.75) is 6.54 Å². The molecule has 0 bridgehead atoms. The summed E-state index contributed by atoms with van der Waals surface area (Å²) in [7, 11) is -1.94. The maximum Gasteiger partial charge on any atom is 0.264 e. The minimum atomic E-state index is -3.59. The molecule has 2 heterocycles. The molecular formula is C25H28N4O5S. The van der Waals surface area contributed by atoms with Crippen LogP contribution in [0.3, 0.4) is 0 Å². The van der Waals surface area contributed by atoms with Gasteiger partial charge in [0, 0.05) is 61.3 Å². The summed E-state index contributed by atoms with van der Waals surface area (Å²) in [5.41, 5.74) is 4.12. The van der Waals surface area contributed by atoms with Crippen LogP contribution in [-0.2, 0) is 16.6 Å². The van der Waals surface area contributed by atoms with Gasteiger partial charge >= 0.3 is 0 Å². The standard InChI is InChI=1S/C25H28N4O5S/c1-34-24-14-19(21-13-23(30)16-26-15-21)3-4-20(24)17-28-9-11-29(12-10-28)22-7-5-18(6-8-22)25(31)27-35(2,32)33/h3-8,13-16,30H,9-12,17H2,1-2H3,(H,27,31). The maximum absolute atomic E-state index is 12.0. The smallest absolute Gasteiger partial charge is 0.264 e. The van der Waals surface area contributed by atoms with E-state index in [2.05, 4.69) is 14.8 Å². The Morgan fingerprint density at radius 3 is 2.37 bits per heavy atom. The quantitative estimate of drug-likeness (QED) is 0.513. The van der Waals surface area contributed by atoms with Gasteiger partial charge < -0.3 is 14.7 Å². The molecule has 0 atom stereocenters. The molecule has 4 rings (SSSR count). The van der Waals surface area contributed by atoms with Crippen molar-refractivity contribution in [2.24, 2.45) is 0 Å². The molecule has 2 N–H and O–H groups in total. The lowest BCUT2D eigenvalue weighted by atomic mass is 10.0. The van der Waals surface area contributed by atoms with Crippen LogP contribution >= 0.6 is 0 Å². The van der Waals surface area contributed by atoms with E-state index in [0.717, 1.165) is 67.1 Å². The number of piperazine rings is 1. The van der Waals surface area contributed by atoms with Crippen LogP contribution in [0.15, 0.2) is 60.9 Å². The largest absolute Gasteiger partial charge is 0.506 e. The molecular weight excluding hydrogens is 468 g/mol. The molecule has 1 aliphatic heterocycles. The van der Waals surface area contributed by atoms with Crippen LogP contribution in [0.1, 0.15) is 15.9 Å². The number of hydrogen-bond donors (Lipinski definition) is 2. The van der Waals surface area contributed by atoms with Crippen LogP contribution in [0, 0.1) is 0 Å². The molecule has 1 saturated heterocycles. The molecule has 0 aliphatic carbocycles. The molecule has 184 valence electrons. The first-order valence-electron chi connectivity index (χ1n) is 11.1. The lowest BCUT2D eigenvalue weighted by molar-refractivity contribution is 0.0981. The molecule has 0 saturated carbocycles. The average molecular weight is 497 g/mol. The van der Waals surface area contributed by atoms with Crippen LogP contribution in [-0.4, -0.2) is 68.9 Å². The number of ether oxygens (including phenoxy) is 1. The molecule has 3 aromatic rings. The highest BCUT2D eigenvalue weighted by molar-refractivity contribution is 7.89. The molecule has 1 amide bonds. The summed E-state index contributed by atoms with van der Waals surface area (Å²) in [6.45, 7) is 4.12. The van der Waals surface area contributed by atoms with Crippen LogP contribution in [0.2, 0.25) is 0 Å². The highest BCUT2D eigenvalue weighted by Gasteiger charge is 2.19. The number of nitrogens with one attached hydrogen (secondary N) is 1. The van der Waals surface area contributed by atoms with E-state index in [1.807, 2.05) is 35.1 Å². The first kappa shape index (κ1) is 24.5. The number of methoxy groups -OCH3 is 1. The number of aromatic hydroxyl groups is 1. The summed E-state index contributed by atoms with van der Waals surface area (Å²) >= 11 is 0. The van der Waals surface area contributed by atoms with Crippen LogP contribution in [0.4, 0.5) is 5.69 Å². The number of carbonyl (C=O) groups is 1. The number of sulfonamides is 1. The summed E-state index contributed by atoms with van der Waals surface area (Å²) in [6, 6.07) is 14.6. The second kappa shape index (κ2) is 10.3. The lowest BCUT2D eigenvalue weighted by Gasteiger charge is -2.36. The SMILES string of the molecule is COc1cc(-c2cncc(O)c2)ccc1CN1CCN(c2ccc(C(=O)NS(C)(=O)=O)cc2)CC1. The summed E-state index contributed by atoms with van der Waals surface area (Å²) in [5, 5.41) is 9.71. The Hall–Kier alpha value is -3.63. The Morgan fingerprint density at radius 1 is 1.03 bits per heavy atom. The highest BCUT2D eigenvalue weighted by atomic mass is 32.2. The minimum Gasteiger partial charge on any atom is -0.506 e. The Morgan fingerprint density at radius 2 is 1.74 bits per heavy atom. The van der Waals surface area contributed by atoms with Gasteiger partial charge in [-0.2, -0.15) is 0 Å². The number of hydrogen-bond acceptors (Lipinski definition) is 8. The van der Waals surface area contributed by atoms with Gasteiger partial charge in [-0.3, -0.25) is 14.7 Å². The van der Waals surface area contributed by atoms with Crippen LogP contribution in [0.5, 0.6) is 11.5 Å². The molecule has 0 unspecified atom stereocenters. The number of anilines is 1. The van der Waals surface area contributed by atoms with Crippen molar-refractivity contribution in [3.8, 4) is 22.6 Å². The number of pyridine rings is 1. The predicted octanol–water partition coefficient (Wildman–Crippen LogP) is 2.47. The van der Waals surface area contributed by atoms with Crippen molar-refractivity contribution >= 4 is 21.6 Å². The van der Waals surface area contributed by atoms with Gasteiger partial charge in [0.25, 0.3) is 5.91 Å². The first-order chi connectivity index (χ1) is 16.7. The molecule has 1 aliphatic rings. The third kappa shape index (κ3) is 6.28. The van der Waals surface area contributed by atoms with Crippen LogP contribution < -0.4 is 14.4 Å². The van der Waals surface area contributed by atoms with Gasteiger partial charge in [-0.25, -0.2) is 13.1 Å². The fourth-order valence-electron chi connectivity index (χ4n) is 4.10. The Balaban J connectivity index is 1.36. The monoisotopic (exact) mass is 496 g/mol. The number of nitrogens with zero attached hydrogens (tertiary/aromatic N) is 3. The topological polar surface area (TPSA) is 112 Å². The van der Waals surface area contributed by atoms with E-state index < -0.39 is 15.9 Å². The van der Waals surface area contributed by atoms with E-state index in [0.29, 0.717) is 5.56 Å². The van der Waals surface area contributed by atoms with Crippen molar-refractivity contribution < 1.29 is 23.1 Å². The molecule has 35 heavy (non-hydrogen) atoms. The predicted molar refractivity (Wildman–Crippen MR) is 134 cm³/mol. The van der Waals surface area contributed by atoms with E-state index in [1.54, 1.807) is 31.5 Å². The zero-order valence-electron chi connectivity index (χ0n) is 19.6. The molecule has 10 heteroatoms. The Labute approximate surface area is 205 Å². The fraction of sp³-hybridized carbons (Fsp3) is 0.280. The van der Waals surface area contributed by atoms with Crippen molar-refractivity contribution in [3.63, 3.8) is 0 Å². The summed E-state index contributed by atoms with van der Waals surface area (Å²) in [6.07, 6.45) is 4.06. The average Bonchev–Trinajstić information content (AvgIpc) is 2.84. The number of aromatic nitrogens is 1. The number of rotatable bonds is 7. The van der Waals surface area contributed by atoms with Crippen molar-refractivity contribution in [2.75, 3.05) is 44.4 Å². The molecule has 1 fully saturated rings. The van der Waals surface area contributed by atoms with Gasteiger partial charge in [-0.1, -0.05) is 12.1 Å². The zero-order chi connectivity index (χ0) is 25.0. The van der Waals surface area contributed by atoms with Crippen molar-refractivity contribution in [1.82, 2.24) is 14.6 Å². The summed E-state index contributed by atoms with van der Waals surface area (Å²) in [4.78, 5) is 20.6. The summed E-state index contributed by atoms with van der Waals surface area (Å²) < 4.78 is 30.1. The highest BCUT2D eigenvalue weighted by Crippen LogP contribution is 2.29. The van der Waals surface area contributed by atoms with Crippen molar-refractivity contribution in [1.29, 1.82) is 0 Å². The van der Waals surface area contributed by atoms with Crippen LogP contribution in [0.25, 0.3) is 11.1 Å². The number of carbonyl (C=O) groups excluding carboxylic acids is 1. The lowest BCUT2D eigenvalue weighted by Crippen LogP contribution is -2.46. The molecule has 9 nitrogen and oxygen atoms in total. The van der Waals surface area contributed by atoms with Gasteiger partial charge in [0.1, 0.15) is 11.5 Å². The minimum absolute atomic E-state index is 0.121. The zero-order valence-corrected chi connectivity index (χ0v) is 20.5. The number of amides is 1. The second-order valence-electron chi connectivity index (χ2n) is 8.47. The maximum atomic E-state index is 12.0. The number of benzene rings is 2. The molecule has 2 aromatic carbocycles. The molecule has 0 radical (unpaired) electrons. The van der Waals surface area contributed by atoms with Gasteiger partial charge in [0.15, 0.2) is 0 Å². The third-order valence-corrected chi connectivity index (χ3v) is 6.44. The van der Waals surface area contributed by atoms with Gasteiger partial charge in [-0.05, 0) is 42.0 Å². The van der Waals surface area contributed by atoms with E-state index in [4.69, 9.17) is 4.74 Å². The molecule has 1 aromatic heterocycles. The Bertz CT molecular complexity index is 1300. The Kier molecular flexibility index (Phi) is 7.23. The van der Waals surface area contributed by atoms with Gasteiger partial charge in [0.2, 0.25) is 10.0 Å². The van der Waals surface area contributed by atoms with E-state index in [9.17, 15) is 18.3 Å². The molecule has 0 spiro atoms. The third-order valence-electron chi connectivity index (χ3n) is 5.88. The van der Waals surface area contributed by atoms with Crippen molar-refractivity contribution in [3.05, 3.63) is 72.1 Å². The summed E-state index contributed by atoms with van der Waals surface area (Å²) in [5.74, 6) is 0.274. The first-order valence-corrected chi connectivity index (χ1v) is 13.0. The normalized spacial score (nSPS) is 14.5. The van der Waals surface area contributed by atoms with Gasteiger partial charge in [0.05, 0.1) is 19.6 Å². The fourth-order valence-corrected chi connectivity index (χ4v) is 4.55. The van der Waals surface area contributed by atoms with E-state index in [-0.39, 0.29) is 5.75 Å². The second-order valence-corrected chi connectivity index (χ2v) is 10.2. The van der Waals surface area contributed by atoms with Gasteiger partial charge in [-0.15, -0.1) is 0 Å². The van der Waals surface area contributed by atoms with E-state index in [1.165, 1.54) is 6.20 Å². The van der Waals surface area contributed by atoms with E-state index >= 15 is 0 Å².